The van der Waals surface area contributed by atoms with Crippen molar-refractivity contribution >= 4 is 17.8 Å². The summed E-state index contributed by atoms with van der Waals surface area (Å²) in [7, 11) is 9.27. The van der Waals surface area contributed by atoms with Gasteiger partial charge in [-0.2, -0.15) is 15.0 Å². The Morgan fingerprint density at radius 2 is 0.561 bits per heavy atom. The average Bonchev–Trinajstić information content (AvgIpc) is 3.04. The first-order chi connectivity index (χ1) is 25.7. The molecular formula is C47H90N10. The van der Waals surface area contributed by atoms with E-state index in [1.807, 2.05) is 0 Å². The molecule has 4 aliphatic rings. The van der Waals surface area contributed by atoms with Crippen LogP contribution in [0, 0.1) is 0 Å². The van der Waals surface area contributed by atoms with Crippen molar-refractivity contribution in [2.24, 2.45) is 0 Å². The molecule has 4 aliphatic heterocycles. The molecule has 4 saturated heterocycles. The Morgan fingerprint density at radius 1 is 0.368 bits per heavy atom. The third-order valence-electron chi connectivity index (χ3n) is 16.8. The predicted octanol–water partition coefficient (Wildman–Crippen LogP) is 8.94. The van der Waals surface area contributed by atoms with Gasteiger partial charge in [0.25, 0.3) is 0 Å². The normalized spacial score (nSPS) is 28.3. The first kappa shape index (κ1) is 46.3. The summed E-state index contributed by atoms with van der Waals surface area (Å²) < 4.78 is 0. The van der Waals surface area contributed by atoms with Crippen LogP contribution in [0.1, 0.15) is 176 Å². The molecule has 1 aromatic rings. The second-order valence-electron chi connectivity index (χ2n) is 24.2. The lowest BCUT2D eigenvalue weighted by Gasteiger charge is -2.60. The zero-order chi connectivity index (χ0) is 43.3. The summed E-state index contributed by atoms with van der Waals surface area (Å²) in [6.07, 6.45) is 8.46. The van der Waals surface area contributed by atoms with Crippen LogP contribution in [-0.4, -0.2) is 144 Å². The highest BCUT2D eigenvalue weighted by atomic mass is 15.4. The summed E-state index contributed by atoms with van der Waals surface area (Å²) in [6, 6.07) is 1.18. The van der Waals surface area contributed by atoms with Gasteiger partial charge in [0.05, 0.1) is 0 Å². The average molecular weight is 795 g/mol. The lowest BCUT2D eigenvalue weighted by atomic mass is 9.73. The monoisotopic (exact) mass is 795 g/mol. The molecule has 5 rings (SSSR count). The third kappa shape index (κ3) is 8.73. The van der Waals surface area contributed by atoms with Crippen molar-refractivity contribution < 1.29 is 0 Å². The largest absolute Gasteiger partial charge is 0.338 e. The molecule has 10 heteroatoms. The maximum absolute atomic E-state index is 5.76. The van der Waals surface area contributed by atoms with E-state index in [1.165, 1.54) is 0 Å². The highest BCUT2D eigenvalue weighted by molar-refractivity contribution is 5.50. The molecule has 10 nitrogen and oxygen atoms in total. The number of hydrogen-bond donors (Lipinski definition) is 0. The molecule has 0 radical (unpaired) electrons. The molecule has 0 amide bonds. The van der Waals surface area contributed by atoms with E-state index in [2.05, 4.69) is 187 Å². The van der Waals surface area contributed by atoms with Crippen molar-refractivity contribution in [2.45, 2.75) is 244 Å². The molecule has 5 heterocycles. The van der Waals surface area contributed by atoms with E-state index in [4.69, 9.17) is 15.0 Å². The fourth-order valence-corrected chi connectivity index (χ4v) is 12.6. The molecule has 0 spiro atoms. The summed E-state index contributed by atoms with van der Waals surface area (Å²) in [6.45, 7) is 45.2. The number of hydrogen-bond acceptors (Lipinski definition) is 10. The number of nitrogens with zero attached hydrogens (tertiary/aromatic N) is 10. The van der Waals surface area contributed by atoms with Gasteiger partial charge in [0.1, 0.15) is 0 Å². The van der Waals surface area contributed by atoms with Crippen molar-refractivity contribution in [3.8, 4) is 0 Å². The lowest BCUT2D eigenvalue weighted by Crippen LogP contribution is -2.67. The molecule has 0 aromatic carbocycles. The fraction of sp³-hybridized carbons (Fsp3) is 0.936. The van der Waals surface area contributed by atoms with Gasteiger partial charge in [-0.25, -0.2) is 0 Å². The molecule has 328 valence electrons. The predicted molar refractivity (Wildman–Crippen MR) is 244 cm³/mol. The molecule has 57 heavy (non-hydrogen) atoms. The Morgan fingerprint density at radius 3 is 0.772 bits per heavy atom. The Balaban J connectivity index is 1.76. The Kier molecular flexibility index (Phi) is 12.2. The van der Waals surface area contributed by atoms with Gasteiger partial charge in [0, 0.05) is 81.6 Å². The van der Waals surface area contributed by atoms with Gasteiger partial charge in [0.15, 0.2) is 0 Å². The SMILES string of the molecule is CCN(c1nc(N(CC)C2CC(C)(C)N(C)C(C)(C)C2)nc(N(C2CC(C)(C)N(C)C(C)(C)C2)C2CC(C)(C)N(C)C(C)(C)C2)n1)C1CC(C)(C)N(C)C(C)(C)C1. The molecule has 0 unspecified atom stereocenters. The summed E-state index contributed by atoms with van der Waals surface area (Å²) >= 11 is 0. The standard InChI is InChI=1S/C47H90N10/c1-23-55(33-25-40(3,4)51(19)41(5,6)26-33)37-48-38(56(24-2)34-27-42(7,8)52(20)43(9,10)28-34)50-39(49-37)57(35-29-44(11,12)53(21)45(13,14)30-35)36-31-46(15,16)54(22)47(17,18)32-36/h33-36H,23-32H2,1-22H3. The first-order valence-corrected chi connectivity index (χ1v) is 22.8. The second-order valence-corrected chi connectivity index (χ2v) is 24.2. The van der Waals surface area contributed by atoms with Gasteiger partial charge in [-0.1, -0.05) is 0 Å². The van der Waals surface area contributed by atoms with Crippen LogP contribution in [0.25, 0.3) is 0 Å². The van der Waals surface area contributed by atoms with Crippen molar-refractivity contribution in [3.63, 3.8) is 0 Å². The summed E-state index contributed by atoms with van der Waals surface area (Å²) in [5.74, 6) is 2.59. The van der Waals surface area contributed by atoms with Crippen molar-refractivity contribution in [1.29, 1.82) is 0 Å². The van der Waals surface area contributed by atoms with E-state index in [9.17, 15) is 0 Å². The Bertz CT molecular complexity index is 1390. The zero-order valence-electron chi connectivity index (χ0n) is 41.4. The zero-order valence-corrected chi connectivity index (χ0v) is 41.4. The molecule has 0 aliphatic carbocycles. The molecule has 1 aromatic heterocycles. The Hall–Kier alpha value is -1.75. The van der Waals surface area contributed by atoms with Crippen molar-refractivity contribution in [1.82, 2.24) is 34.6 Å². The minimum Gasteiger partial charge on any atom is -0.338 e. The highest BCUT2D eigenvalue weighted by Crippen LogP contribution is 2.47. The minimum absolute atomic E-state index is 0.0152. The summed E-state index contributed by atoms with van der Waals surface area (Å²) in [4.78, 5) is 35.4. The van der Waals surface area contributed by atoms with Crippen LogP contribution in [0.4, 0.5) is 17.8 Å². The number of anilines is 3. The molecule has 0 N–H and O–H groups in total. The molecule has 4 fully saturated rings. The number of aromatic nitrogens is 3. The maximum Gasteiger partial charge on any atom is 0.232 e. The van der Waals surface area contributed by atoms with Gasteiger partial charge in [-0.3, -0.25) is 19.6 Å². The van der Waals surface area contributed by atoms with E-state index in [1.54, 1.807) is 0 Å². The molecular weight excluding hydrogens is 705 g/mol. The van der Waals surface area contributed by atoms with Crippen molar-refractivity contribution in [3.05, 3.63) is 0 Å². The van der Waals surface area contributed by atoms with E-state index in [0.717, 1.165) is 82.3 Å². The van der Waals surface area contributed by atoms with Crippen LogP contribution >= 0.6 is 0 Å². The minimum atomic E-state index is 0.0152. The van der Waals surface area contributed by atoms with Gasteiger partial charge in [-0.05, 0) is 204 Å². The van der Waals surface area contributed by atoms with Crippen LogP contribution in [-0.2, 0) is 0 Å². The maximum atomic E-state index is 5.76. The number of piperidine rings is 4. The Labute approximate surface area is 351 Å². The van der Waals surface area contributed by atoms with Crippen LogP contribution in [0.5, 0.6) is 0 Å². The summed E-state index contributed by atoms with van der Waals surface area (Å²) in [5, 5.41) is 0. The third-order valence-corrected chi connectivity index (χ3v) is 16.8. The highest BCUT2D eigenvalue weighted by Gasteiger charge is 2.52. The molecule has 0 atom stereocenters. The van der Waals surface area contributed by atoms with Crippen LogP contribution < -0.4 is 14.7 Å². The quantitative estimate of drug-likeness (QED) is 0.242. The smallest absolute Gasteiger partial charge is 0.232 e. The van der Waals surface area contributed by atoms with E-state index in [0.29, 0.717) is 12.1 Å². The second kappa shape index (κ2) is 15.0. The van der Waals surface area contributed by atoms with E-state index < -0.39 is 0 Å². The number of rotatable bonds is 9. The lowest BCUT2D eigenvalue weighted by molar-refractivity contribution is -0.0314. The van der Waals surface area contributed by atoms with E-state index in [-0.39, 0.29) is 56.4 Å². The van der Waals surface area contributed by atoms with E-state index >= 15 is 0 Å². The summed E-state index contributed by atoms with van der Waals surface area (Å²) in [5.41, 5.74) is 0.235. The van der Waals surface area contributed by atoms with Crippen LogP contribution in [0.3, 0.4) is 0 Å². The van der Waals surface area contributed by atoms with Crippen LogP contribution in [0.2, 0.25) is 0 Å². The van der Waals surface area contributed by atoms with Gasteiger partial charge in [0.2, 0.25) is 17.8 Å². The first-order valence-electron chi connectivity index (χ1n) is 22.8. The van der Waals surface area contributed by atoms with Crippen LogP contribution in [0.15, 0.2) is 0 Å². The van der Waals surface area contributed by atoms with Gasteiger partial charge in [-0.15, -0.1) is 0 Å². The fourth-order valence-electron chi connectivity index (χ4n) is 12.6. The molecule has 0 bridgehead atoms. The van der Waals surface area contributed by atoms with Gasteiger partial charge >= 0.3 is 0 Å². The van der Waals surface area contributed by atoms with Gasteiger partial charge < -0.3 is 14.7 Å². The molecule has 0 saturated carbocycles. The number of likely N-dealkylation sites (tertiary alicyclic amines) is 4. The van der Waals surface area contributed by atoms with Crippen molar-refractivity contribution in [2.75, 3.05) is 56.0 Å². The topological polar surface area (TPSA) is 61.4 Å².